The van der Waals surface area contributed by atoms with E-state index in [2.05, 4.69) is 12.2 Å². The van der Waals surface area contributed by atoms with E-state index in [0.29, 0.717) is 44.8 Å². The molecule has 1 N–H and O–H groups in total. The van der Waals surface area contributed by atoms with E-state index < -0.39 is 11.2 Å². The molecule has 1 aromatic carbocycles. The van der Waals surface area contributed by atoms with Crippen molar-refractivity contribution in [1.29, 1.82) is 0 Å². The van der Waals surface area contributed by atoms with Crippen molar-refractivity contribution in [3.63, 3.8) is 0 Å². The fourth-order valence-electron chi connectivity index (χ4n) is 3.44. The predicted octanol–water partition coefficient (Wildman–Crippen LogP) is 2.58. The van der Waals surface area contributed by atoms with E-state index in [9.17, 15) is 9.59 Å². The van der Waals surface area contributed by atoms with Crippen LogP contribution in [0.15, 0.2) is 24.3 Å². The quantitative estimate of drug-likeness (QED) is 0.838. The molecule has 2 heterocycles. The van der Waals surface area contributed by atoms with Crippen molar-refractivity contribution in [2.24, 2.45) is 5.41 Å². The molecule has 2 saturated heterocycles. The fraction of sp³-hybridized carbons (Fsp3) is 0.600. The molecule has 26 heavy (non-hydrogen) atoms. The first-order chi connectivity index (χ1) is 12.4. The molecule has 0 bridgehead atoms. The molecular weight excluding hydrogens is 332 g/mol. The Bertz CT molecular complexity index is 653. The fourth-order valence-corrected chi connectivity index (χ4v) is 3.44. The number of ether oxygens (including phenoxy) is 2. The van der Waals surface area contributed by atoms with Crippen LogP contribution in [0.25, 0.3) is 0 Å². The van der Waals surface area contributed by atoms with E-state index in [-0.39, 0.29) is 11.8 Å². The lowest BCUT2D eigenvalue weighted by atomic mass is 9.88. The molecule has 0 saturated carbocycles. The van der Waals surface area contributed by atoms with Gasteiger partial charge in [0, 0.05) is 31.6 Å². The summed E-state index contributed by atoms with van der Waals surface area (Å²) in [7, 11) is 0. The molecule has 6 nitrogen and oxygen atoms in total. The molecule has 2 aliphatic heterocycles. The molecule has 2 amide bonds. The molecular formula is C20H28N2O4. The predicted molar refractivity (Wildman–Crippen MR) is 98.7 cm³/mol. The van der Waals surface area contributed by atoms with Crippen molar-refractivity contribution in [3.05, 3.63) is 29.8 Å². The summed E-state index contributed by atoms with van der Waals surface area (Å²) in [5.41, 5.74) is 0.779. The van der Waals surface area contributed by atoms with E-state index in [0.717, 1.165) is 6.42 Å². The maximum atomic E-state index is 12.9. The average Bonchev–Trinajstić information content (AvgIpc) is 3.10. The number of nitrogens with zero attached hydrogens (tertiary/aromatic N) is 1. The van der Waals surface area contributed by atoms with Crippen LogP contribution in [0, 0.1) is 5.41 Å². The summed E-state index contributed by atoms with van der Waals surface area (Å²) in [4.78, 5) is 27.4. The zero-order valence-electron chi connectivity index (χ0n) is 15.8. The summed E-state index contributed by atoms with van der Waals surface area (Å²) in [6, 6.07) is 7.71. The molecule has 0 aromatic heterocycles. The first-order valence-corrected chi connectivity index (χ1v) is 9.34. The zero-order valence-corrected chi connectivity index (χ0v) is 15.8. The van der Waals surface area contributed by atoms with Crippen LogP contribution < -0.4 is 5.32 Å². The Morgan fingerprint density at radius 1 is 1.12 bits per heavy atom. The number of anilines is 1. The number of hydrogen-bond donors (Lipinski definition) is 1. The number of rotatable bonds is 4. The van der Waals surface area contributed by atoms with Crippen molar-refractivity contribution >= 4 is 17.5 Å². The minimum Gasteiger partial charge on any atom is -0.347 e. The van der Waals surface area contributed by atoms with Crippen molar-refractivity contribution < 1.29 is 19.1 Å². The number of benzene rings is 1. The second kappa shape index (κ2) is 7.37. The van der Waals surface area contributed by atoms with Crippen molar-refractivity contribution in [2.45, 2.75) is 45.8 Å². The van der Waals surface area contributed by atoms with Gasteiger partial charge in [-0.25, -0.2) is 0 Å². The van der Waals surface area contributed by atoms with Gasteiger partial charge < -0.3 is 19.7 Å². The van der Waals surface area contributed by atoms with Gasteiger partial charge in [-0.3, -0.25) is 9.59 Å². The highest BCUT2D eigenvalue weighted by atomic mass is 16.7. The third-order valence-corrected chi connectivity index (χ3v) is 5.35. The zero-order chi connectivity index (χ0) is 18.8. The molecule has 0 aliphatic carbocycles. The number of hydrogen-bond acceptors (Lipinski definition) is 4. The number of aryl methyl sites for hydroxylation is 1. The Kier molecular flexibility index (Phi) is 5.34. The van der Waals surface area contributed by atoms with Crippen LogP contribution in [0.3, 0.4) is 0 Å². The molecule has 1 spiro atoms. The third kappa shape index (κ3) is 3.76. The number of carbonyl (C=O) groups is 2. The Balaban J connectivity index is 1.60. The van der Waals surface area contributed by atoms with E-state index in [4.69, 9.17) is 9.47 Å². The number of carbonyl (C=O) groups excluding carboxylic acids is 2. The lowest BCUT2D eigenvalue weighted by Gasteiger charge is -2.40. The lowest BCUT2D eigenvalue weighted by molar-refractivity contribution is -0.189. The molecule has 0 unspecified atom stereocenters. The maximum absolute atomic E-state index is 12.9. The smallest absolute Gasteiger partial charge is 0.239 e. The van der Waals surface area contributed by atoms with Gasteiger partial charge >= 0.3 is 0 Å². The van der Waals surface area contributed by atoms with E-state index >= 15 is 0 Å². The van der Waals surface area contributed by atoms with Gasteiger partial charge in [-0.05, 0) is 38.0 Å². The van der Waals surface area contributed by atoms with Crippen LogP contribution in [0.1, 0.15) is 39.2 Å². The van der Waals surface area contributed by atoms with E-state index in [1.165, 1.54) is 5.56 Å². The summed E-state index contributed by atoms with van der Waals surface area (Å²) in [5, 5.41) is 2.87. The number of piperidine rings is 1. The second-order valence-corrected chi connectivity index (χ2v) is 7.53. The van der Waals surface area contributed by atoms with Crippen molar-refractivity contribution in [1.82, 2.24) is 4.90 Å². The standard InChI is InChI=1S/C20H28N2O4/c1-4-15-5-7-16(8-6-15)21-17(23)19(2,3)18(24)22-11-9-20(10-12-22)25-13-14-26-20/h5-8H,4,9-14H2,1-3H3,(H,21,23). The molecule has 3 rings (SSSR count). The van der Waals surface area contributed by atoms with Crippen LogP contribution in [-0.4, -0.2) is 48.8 Å². The first-order valence-electron chi connectivity index (χ1n) is 9.34. The van der Waals surface area contributed by atoms with Gasteiger partial charge in [0.2, 0.25) is 11.8 Å². The molecule has 0 atom stereocenters. The molecule has 6 heteroatoms. The Morgan fingerprint density at radius 2 is 1.69 bits per heavy atom. The van der Waals surface area contributed by atoms with E-state index in [1.807, 2.05) is 24.3 Å². The normalized spacial score (nSPS) is 19.6. The maximum Gasteiger partial charge on any atom is 0.239 e. The van der Waals surface area contributed by atoms with Gasteiger partial charge in [-0.2, -0.15) is 0 Å². The van der Waals surface area contributed by atoms with Crippen molar-refractivity contribution in [2.75, 3.05) is 31.6 Å². The number of amides is 2. The largest absolute Gasteiger partial charge is 0.347 e. The molecule has 1 aromatic rings. The Labute approximate surface area is 154 Å². The van der Waals surface area contributed by atoms with Crippen LogP contribution in [0.5, 0.6) is 0 Å². The van der Waals surface area contributed by atoms with Gasteiger partial charge in [0.05, 0.1) is 13.2 Å². The SMILES string of the molecule is CCc1ccc(NC(=O)C(C)(C)C(=O)N2CCC3(CC2)OCCO3)cc1. The van der Waals surface area contributed by atoms with Crippen LogP contribution >= 0.6 is 0 Å². The minimum absolute atomic E-state index is 0.159. The molecule has 2 fully saturated rings. The van der Waals surface area contributed by atoms with Crippen LogP contribution in [0.4, 0.5) is 5.69 Å². The summed E-state index contributed by atoms with van der Waals surface area (Å²) < 4.78 is 11.4. The highest BCUT2D eigenvalue weighted by Crippen LogP contribution is 2.33. The Hall–Kier alpha value is -1.92. The summed E-state index contributed by atoms with van der Waals surface area (Å²) in [6.45, 7) is 7.74. The highest BCUT2D eigenvalue weighted by Gasteiger charge is 2.45. The molecule has 142 valence electrons. The van der Waals surface area contributed by atoms with Gasteiger partial charge in [-0.15, -0.1) is 0 Å². The van der Waals surface area contributed by atoms with Gasteiger partial charge in [0.1, 0.15) is 5.41 Å². The Morgan fingerprint density at radius 3 is 2.23 bits per heavy atom. The lowest BCUT2D eigenvalue weighted by Crippen LogP contribution is -2.53. The minimum atomic E-state index is -1.13. The number of nitrogens with one attached hydrogen (secondary N) is 1. The monoisotopic (exact) mass is 360 g/mol. The van der Waals surface area contributed by atoms with Gasteiger partial charge in [0.25, 0.3) is 0 Å². The van der Waals surface area contributed by atoms with Crippen LogP contribution in [-0.2, 0) is 25.5 Å². The van der Waals surface area contributed by atoms with Crippen LogP contribution in [0.2, 0.25) is 0 Å². The third-order valence-electron chi connectivity index (χ3n) is 5.35. The second-order valence-electron chi connectivity index (χ2n) is 7.53. The number of likely N-dealkylation sites (tertiary alicyclic amines) is 1. The first kappa shape index (κ1) is 18.9. The highest BCUT2D eigenvalue weighted by molar-refractivity contribution is 6.09. The molecule has 0 radical (unpaired) electrons. The average molecular weight is 360 g/mol. The van der Waals surface area contributed by atoms with Crippen molar-refractivity contribution in [3.8, 4) is 0 Å². The van der Waals surface area contributed by atoms with E-state index in [1.54, 1.807) is 18.7 Å². The summed E-state index contributed by atoms with van der Waals surface area (Å²) in [5.74, 6) is -0.974. The summed E-state index contributed by atoms with van der Waals surface area (Å²) >= 11 is 0. The topological polar surface area (TPSA) is 67.9 Å². The van der Waals surface area contributed by atoms with Gasteiger partial charge in [-0.1, -0.05) is 19.1 Å². The molecule has 2 aliphatic rings. The van der Waals surface area contributed by atoms with Gasteiger partial charge in [0.15, 0.2) is 5.79 Å². The summed E-state index contributed by atoms with van der Waals surface area (Å²) in [6.07, 6.45) is 2.24.